The van der Waals surface area contributed by atoms with Gasteiger partial charge in [0.1, 0.15) is 6.54 Å². The van der Waals surface area contributed by atoms with E-state index in [4.69, 9.17) is 0 Å². The van der Waals surface area contributed by atoms with Gasteiger partial charge in [-0.25, -0.2) is 4.79 Å². The van der Waals surface area contributed by atoms with Crippen molar-refractivity contribution in [2.24, 2.45) is 0 Å². The summed E-state index contributed by atoms with van der Waals surface area (Å²) in [6, 6.07) is 7.18. The highest BCUT2D eigenvalue weighted by Gasteiger charge is 2.30. The van der Waals surface area contributed by atoms with Crippen LogP contribution in [0, 0.1) is 0 Å². The van der Waals surface area contributed by atoms with Crippen molar-refractivity contribution in [1.29, 1.82) is 0 Å². The number of nitrogens with zero attached hydrogens (tertiary/aromatic N) is 2. The number of urea groups is 1. The lowest BCUT2D eigenvalue weighted by atomic mass is 10.1. The zero-order valence-electron chi connectivity index (χ0n) is 13.6. The summed E-state index contributed by atoms with van der Waals surface area (Å²) in [5, 5.41) is 5.15. The molecule has 2 fully saturated rings. The molecule has 0 aromatic heterocycles. The molecule has 2 saturated heterocycles. The first-order valence-corrected chi connectivity index (χ1v) is 8.31. The van der Waals surface area contributed by atoms with E-state index in [0.717, 1.165) is 30.1 Å². The number of likely N-dealkylation sites (tertiary alicyclic amines) is 1. The molecule has 0 spiro atoms. The predicted octanol–water partition coefficient (Wildman–Crippen LogP) is 1.16. The minimum atomic E-state index is -0.519. The summed E-state index contributed by atoms with van der Waals surface area (Å²) in [6.45, 7) is 2.79. The first-order valence-electron chi connectivity index (χ1n) is 8.31. The number of rotatable bonds is 5. The number of piperidine rings is 1. The van der Waals surface area contributed by atoms with Crippen molar-refractivity contribution in [2.45, 2.75) is 25.8 Å². The van der Waals surface area contributed by atoms with Crippen LogP contribution in [0.25, 0.3) is 0 Å². The Morgan fingerprint density at radius 1 is 1.17 bits per heavy atom. The van der Waals surface area contributed by atoms with E-state index in [0.29, 0.717) is 5.69 Å². The molecule has 2 aliphatic rings. The fraction of sp³-hybridized carbons (Fsp3) is 0.471. The van der Waals surface area contributed by atoms with Gasteiger partial charge in [0.05, 0.1) is 6.54 Å². The Labute approximate surface area is 141 Å². The van der Waals surface area contributed by atoms with Gasteiger partial charge in [0, 0.05) is 12.2 Å². The van der Waals surface area contributed by atoms with Gasteiger partial charge < -0.3 is 10.6 Å². The molecule has 2 heterocycles. The highest BCUT2D eigenvalue weighted by molar-refractivity contribution is 6.06. The molecule has 0 bridgehead atoms. The molecule has 1 aromatic rings. The summed E-state index contributed by atoms with van der Waals surface area (Å²) >= 11 is 0. The largest absolute Gasteiger partial charge is 0.329 e. The molecule has 128 valence electrons. The van der Waals surface area contributed by atoms with Gasteiger partial charge in [-0.15, -0.1) is 0 Å². The van der Waals surface area contributed by atoms with Crippen molar-refractivity contribution >= 4 is 23.5 Å². The molecule has 3 rings (SSSR count). The molecule has 0 unspecified atom stereocenters. The molecule has 0 aliphatic carbocycles. The maximum Gasteiger partial charge on any atom is 0.325 e. The van der Waals surface area contributed by atoms with Crippen molar-refractivity contribution in [2.75, 3.05) is 31.5 Å². The lowest BCUT2D eigenvalue weighted by Gasteiger charge is -2.26. The summed E-state index contributed by atoms with van der Waals surface area (Å²) in [5.74, 6) is -0.760. The monoisotopic (exact) mass is 330 g/mol. The Hall–Kier alpha value is -2.41. The van der Waals surface area contributed by atoms with Crippen LogP contribution in [-0.2, 0) is 16.1 Å². The zero-order valence-corrected chi connectivity index (χ0v) is 13.6. The third-order valence-electron chi connectivity index (χ3n) is 4.30. The van der Waals surface area contributed by atoms with Crippen LogP contribution in [0.4, 0.5) is 10.5 Å². The molecule has 0 radical (unpaired) electrons. The van der Waals surface area contributed by atoms with E-state index in [1.807, 2.05) is 24.3 Å². The maximum atomic E-state index is 12.1. The molecular weight excluding hydrogens is 308 g/mol. The molecule has 1 aromatic carbocycles. The Bertz CT molecular complexity index is 624. The Morgan fingerprint density at radius 3 is 2.67 bits per heavy atom. The van der Waals surface area contributed by atoms with Crippen molar-refractivity contribution in [3.8, 4) is 0 Å². The Kier molecular flexibility index (Phi) is 5.10. The third-order valence-corrected chi connectivity index (χ3v) is 4.30. The van der Waals surface area contributed by atoms with Crippen LogP contribution in [0.1, 0.15) is 24.8 Å². The minimum absolute atomic E-state index is 0.0442. The van der Waals surface area contributed by atoms with Crippen molar-refractivity contribution in [1.82, 2.24) is 15.1 Å². The summed E-state index contributed by atoms with van der Waals surface area (Å²) < 4.78 is 0. The topological polar surface area (TPSA) is 81.8 Å². The predicted molar refractivity (Wildman–Crippen MR) is 89.3 cm³/mol. The van der Waals surface area contributed by atoms with Crippen LogP contribution >= 0.6 is 0 Å². The van der Waals surface area contributed by atoms with Gasteiger partial charge >= 0.3 is 6.03 Å². The van der Waals surface area contributed by atoms with Gasteiger partial charge in [-0.2, -0.15) is 0 Å². The molecule has 7 heteroatoms. The van der Waals surface area contributed by atoms with Crippen LogP contribution in [0.3, 0.4) is 0 Å². The molecule has 0 atom stereocenters. The number of anilines is 1. The first-order chi connectivity index (χ1) is 11.6. The Balaban J connectivity index is 1.56. The van der Waals surface area contributed by atoms with E-state index in [2.05, 4.69) is 15.5 Å². The summed E-state index contributed by atoms with van der Waals surface area (Å²) in [4.78, 5) is 38.4. The standard InChI is InChI=1S/C17H22N4O3/c22-15(12-21-16(23)10-18-17(21)24)19-14-6-4-5-13(9-14)11-20-7-2-1-3-8-20/h4-6,9H,1-3,7-8,10-12H2,(H,18,24)(H,19,22). The summed E-state index contributed by atoms with van der Waals surface area (Å²) in [7, 11) is 0. The van der Waals surface area contributed by atoms with Crippen molar-refractivity contribution in [3.05, 3.63) is 29.8 Å². The van der Waals surface area contributed by atoms with E-state index in [-0.39, 0.29) is 24.9 Å². The second kappa shape index (κ2) is 7.44. The summed E-state index contributed by atoms with van der Waals surface area (Å²) in [6.07, 6.45) is 3.78. The van der Waals surface area contributed by atoms with E-state index in [9.17, 15) is 14.4 Å². The normalized spacial score (nSPS) is 18.6. The number of carbonyl (C=O) groups excluding carboxylic acids is 3. The average molecular weight is 330 g/mol. The number of amides is 4. The SMILES string of the molecule is O=C(CN1C(=O)CNC1=O)Nc1cccc(CN2CCCCC2)c1. The second-order valence-corrected chi connectivity index (χ2v) is 6.22. The third kappa shape index (κ3) is 4.11. The van der Waals surface area contributed by atoms with Gasteiger partial charge in [-0.1, -0.05) is 18.6 Å². The van der Waals surface area contributed by atoms with Gasteiger partial charge in [0.25, 0.3) is 5.91 Å². The molecule has 2 N–H and O–H groups in total. The van der Waals surface area contributed by atoms with Crippen LogP contribution < -0.4 is 10.6 Å². The highest BCUT2D eigenvalue weighted by atomic mass is 16.2. The highest BCUT2D eigenvalue weighted by Crippen LogP contribution is 2.16. The maximum absolute atomic E-state index is 12.1. The van der Waals surface area contributed by atoms with Gasteiger partial charge in [0.2, 0.25) is 5.91 Å². The molecular formula is C17H22N4O3. The van der Waals surface area contributed by atoms with E-state index in [1.165, 1.54) is 19.3 Å². The Morgan fingerprint density at radius 2 is 1.96 bits per heavy atom. The van der Waals surface area contributed by atoms with E-state index < -0.39 is 6.03 Å². The van der Waals surface area contributed by atoms with Crippen molar-refractivity contribution < 1.29 is 14.4 Å². The van der Waals surface area contributed by atoms with Gasteiger partial charge in [-0.05, 0) is 43.6 Å². The minimum Gasteiger partial charge on any atom is -0.329 e. The van der Waals surface area contributed by atoms with Crippen LogP contribution in [0.2, 0.25) is 0 Å². The lowest BCUT2D eigenvalue weighted by Crippen LogP contribution is -2.38. The first kappa shape index (κ1) is 16.4. The van der Waals surface area contributed by atoms with Gasteiger partial charge in [0.15, 0.2) is 0 Å². The molecule has 0 saturated carbocycles. The number of hydrogen-bond acceptors (Lipinski definition) is 4. The number of nitrogens with one attached hydrogen (secondary N) is 2. The van der Waals surface area contributed by atoms with Crippen LogP contribution in [-0.4, -0.2) is 53.8 Å². The van der Waals surface area contributed by atoms with Crippen LogP contribution in [0.5, 0.6) is 0 Å². The zero-order chi connectivity index (χ0) is 16.9. The molecule has 7 nitrogen and oxygen atoms in total. The lowest BCUT2D eigenvalue weighted by molar-refractivity contribution is -0.128. The molecule has 2 aliphatic heterocycles. The quantitative estimate of drug-likeness (QED) is 0.794. The fourth-order valence-electron chi connectivity index (χ4n) is 3.08. The second-order valence-electron chi connectivity index (χ2n) is 6.22. The van der Waals surface area contributed by atoms with Crippen molar-refractivity contribution in [3.63, 3.8) is 0 Å². The summed E-state index contributed by atoms with van der Waals surface area (Å²) in [5.41, 5.74) is 1.83. The van der Waals surface area contributed by atoms with E-state index >= 15 is 0 Å². The van der Waals surface area contributed by atoms with E-state index in [1.54, 1.807) is 0 Å². The smallest absolute Gasteiger partial charge is 0.325 e. The fourth-order valence-corrected chi connectivity index (χ4v) is 3.08. The number of benzene rings is 1. The average Bonchev–Trinajstić information content (AvgIpc) is 2.88. The number of imide groups is 1. The number of carbonyl (C=O) groups is 3. The molecule has 24 heavy (non-hydrogen) atoms. The van der Waals surface area contributed by atoms with Crippen LogP contribution in [0.15, 0.2) is 24.3 Å². The number of hydrogen-bond donors (Lipinski definition) is 2. The molecule has 4 amide bonds. The van der Waals surface area contributed by atoms with Gasteiger partial charge in [-0.3, -0.25) is 19.4 Å².